The third-order valence-electron chi connectivity index (χ3n) is 1.55. The van der Waals surface area contributed by atoms with Crippen LogP contribution in [0.1, 0.15) is 26.7 Å². The second kappa shape index (κ2) is 5.19. The van der Waals surface area contributed by atoms with E-state index in [-0.39, 0.29) is 11.7 Å². The molecule has 0 aliphatic rings. The first kappa shape index (κ1) is 11.5. The third-order valence-corrected chi connectivity index (χ3v) is 3.08. The second-order valence-electron chi connectivity index (χ2n) is 3.00. The number of rotatable bonds is 6. The van der Waals surface area contributed by atoms with Gasteiger partial charge in [0.1, 0.15) is 0 Å². The zero-order valence-corrected chi connectivity index (χ0v) is 8.52. The zero-order valence-electron chi connectivity index (χ0n) is 7.71. The van der Waals surface area contributed by atoms with E-state index in [4.69, 9.17) is 0 Å². The molecular formula is C8H17NO2S. The Morgan fingerprint density at radius 2 is 2.17 bits per heavy atom. The van der Waals surface area contributed by atoms with E-state index < -0.39 is 10.0 Å². The average molecular weight is 191 g/mol. The number of hydrogen-bond donors (Lipinski definition) is 1. The van der Waals surface area contributed by atoms with E-state index in [0.717, 1.165) is 12.8 Å². The van der Waals surface area contributed by atoms with Gasteiger partial charge in [-0.2, -0.15) is 0 Å². The monoisotopic (exact) mass is 191 g/mol. The van der Waals surface area contributed by atoms with Crippen LogP contribution in [0.4, 0.5) is 0 Å². The Hall–Kier alpha value is -0.510. The van der Waals surface area contributed by atoms with E-state index in [1.807, 2.05) is 13.8 Å². The zero-order chi connectivity index (χ0) is 9.61. The van der Waals surface area contributed by atoms with Crippen LogP contribution < -0.4 is 4.72 Å². The van der Waals surface area contributed by atoms with Crippen molar-refractivity contribution in [3.8, 4) is 0 Å². The van der Waals surface area contributed by atoms with Gasteiger partial charge in [-0.15, -0.1) is 0 Å². The molecule has 3 nitrogen and oxygen atoms in total. The summed E-state index contributed by atoms with van der Waals surface area (Å²) < 4.78 is 24.5. The molecule has 0 heterocycles. The Morgan fingerprint density at radius 1 is 1.58 bits per heavy atom. The predicted molar refractivity (Wildman–Crippen MR) is 51.2 cm³/mol. The standard InChI is InChI=1S/C8H17NO2S/c1-4-6-8(3)7-12(10,11)9-5-2/h5,8-9H,2,4,6-7H2,1,3H3. The van der Waals surface area contributed by atoms with Crippen molar-refractivity contribution in [3.05, 3.63) is 12.8 Å². The number of sulfonamides is 1. The SMILES string of the molecule is C=CNS(=O)(=O)CC(C)CCC. The average Bonchev–Trinajstić information content (AvgIpc) is 1.85. The van der Waals surface area contributed by atoms with Crippen molar-refractivity contribution in [3.63, 3.8) is 0 Å². The van der Waals surface area contributed by atoms with Crippen LogP contribution in [0, 0.1) is 5.92 Å². The summed E-state index contributed by atoms with van der Waals surface area (Å²) in [5.74, 6) is 0.403. The van der Waals surface area contributed by atoms with Crippen molar-refractivity contribution >= 4 is 10.0 Å². The highest BCUT2D eigenvalue weighted by Crippen LogP contribution is 2.07. The summed E-state index contributed by atoms with van der Waals surface area (Å²) in [7, 11) is -3.12. The smallest absolute Gasteiger partial charge is 0.232 e. The van der Waals surface area contributed by atoms with Gasteiger partial charge in [-0.05, 0) is 12.3 Å². The number of hydrogen-bond acceptors (Lipinski definition) is 2. The molecule has 0 saturated carbocycles. The lowest BCUT2D eigenvalue weighted by Crippen LogP contribution is -2.24. The molecule has 0 saturated heterocycles. The highest BCUT2D eigenvalue weighted by atomic mass is 32.2. The Bertz CT molecular complexity index is 221. The van der Waals surface area contributed by atoms with Gasteiger partial charge in [0, 0.05) is 6.20 Å². The van der Waals surface area contributed by atoms with Gasteiger partial charge < -0.3 is 0 Å². The number of nitrogens with one attached hydrogen (secondary N) is 1. The maximum Gasteiger partial charge on any atom is 0.232 e. The minimum absolute atomic E-state index is 0.187. The summed E-state index contributed by atoms with van der Waals surface area (Å²) in [6.45, 7) is 7.29. The lowest BCUT2D eigenvalue weighted by molar-refractivity contribution is 0.542. The van der Waals surface area contributed by atoms with Crippen molar-refractivity contribution in [2.75, 3.05) is 5.75 Å². The first-order valence-electron chi connectivity index (χ1n) is 4.12. The van der Waals surface area contributed by atoms with E-state index in [1.165, 1.54) is 6.20 Å². The molecule has 0 rings (SSSR count). The summed E-state index contributed by atoms with van der Waals surface area (Å²) in [5, 5.41) is 0. The summed E-state index contributed by atoms with van der Waals surface area (Å²) >= 11 is 0. The largest absolute Gasteiger partial charge is 0.291 e. The maximum absolute atomic E-state index is 11.1. The molecule has 1 N–H and O–H groups in total. The molecular weight excluding hydrogens is 174 g/mol. The Labute approximate surface area is 74.9 Å². The first-order valence-corrected chi connectivity index (χ1v) is 5.78. The van der Waals surface area contributed by atoms with Gasteiger partial charge in [0.2, 0.25) is 10.0 Å². The van der Waals surface area contributed by atoms with E-state index in [9.17, 15) is 8.42 Å². The molecule has 4 heteroatoms. The highest BCUT2D eigenvalue weighted by Gasteiger charge is 2.12. The molecule has 0 aliphatic heterocycles. The minimum atomic E-state index is -3.12. The molecule has 0 radical (unpaired) electrons. The van der Waals surface area contributed by atoms with Crippen LogP contribution >= 0.6 is 0 Å². The molecule has 1 unspecified atom stereocenters. The van der Waals surface area contributed by atoms with Gasteiger partial charge >= 0.3 is 0 Å². The molecule has 0 aliphatic carbocycles. The lowest BCUT2D eigenvalue weighted by atomic mass is 10.1. The molecule has 12 heavy (non-hydrogen) atoms. The highest BCUT2D eigenvalue weighted by molar-refractivity contribution is 7.89. The molecule has 0 bridgehead atoms. The Kier molecular flexibility index (Phi) is 4.97. The Morgan fingerprint density at radius 3 is 2.58 bits per heavy atom. The van der Waals surface area contributed by atoms with Crippen LogP contribution in [0.2, 0.25) is 0 Å². The van der Waals surface area contributed by atoms with Crippen LogP contribution in [0.5, 0.6) is 0 Å². The second-order valence-corrected chi connectivity index (χ2v) is 4.80. The topological polar surface area (TPSA) is 46.2 Å². The van der Waals surface area contributed by atoms with E-state index in [0.29, 0.717) is 0 Å². The summed E-state index contributed by atoms with van der Waals surface area (Å²) in [6, 6.07) is 0. The fourth-order valence-corrected chi connectivity index (χ4v) is 2.39. The fourth-order valence-electron chi connectivity index (χ4n) is 1.13. The quantitative estimate of drug-likeness (QED) is 0.691. The van der Waals surface area contributed by atoms with E-state index in [1.54, 1.807) is 0 Å². The van der Waals surface area contributed by atoms with E-state index >= 15 is 0 Å². The van der Waals surface area contributed by atoms with Gasteiger partial charge in [0.05, 0.1) is 5.75 Å². The minimum Gasteiger partial charge on any atom is -0.291 e. The van der Waals surface area contributed by atoms with Gasteiger partial charge in [-0.25, -0.2) is 8.42 Å². The van der Waals surface area contributed by atoms with Crippen LogP contribution in [-0.4, -0.2) is 14.2 Å². The van der Waals surface area contributed by atoms with Crippen molar-refractivity contribution in [1.82, 2.24) is 4.72 Å². The molecule has 0 aromatic heterocycles. The molecule has 0 aromatic rings. The molecule has 0 amide bonds. The summed E-state index contributed by atoms with van der Waals surface area (Å²) in [5.41, 5.74) is 0. The molecule has 0 aromatic carbocycles. The van der Waals surface area contributed by atoms with Crippen LogP contribution in [0.15, 0.2) is 12.8 Å². The molecule has 0 spiro atoms. The predicted octanol–water partition coefficient (Wildman–Crippen LogP) is 1.49. The van der Waals surface area contributed by atoms with Crippen molar-refractivity contribution in [2.45, 2.75) is 26.7 Å². The Balaban J connectivity index is 3.97. The first-order chi connectivity index (χ1) is 5.52. The molecule has 1 atom stereocenters. The van der Waals surface area contributed by atoms with Crippen molar-refractivity contribution < 1.29 is 8.42 Å². The van der Waals surface area contributed by atoms with Gasteiger partial charge in [-0.1, -0.05) is 26.8 Å². The van der Waals surface area contributed by atoms with Crippen LogP contribution in [0.3, 0.4) is 0 Å². The molecule has 72 valence electrons. The normalized spacial score (nSPS) is 13.8. The van der Waals surface area contributed by atoms with Crippen molar-refractivity contribution in [1.29, 1.82) is 0 Å². The van der Waals surface area contributed by atoms with Crippen LogP contribution in [0.25, 0.3) is 0 Å². The fraction of sp³-hybridized carbons (Fsp3) is 0.750. The van der Waals surface area contributed by atoms with Crippen molar-refractivity contribution in [2.24, 2.45) is 5.92 Å². The lowest BCUT2D eigenvalue weighted by Gasteiger charge is -2.09. The van der Waals surface area contributed by atoms with Gasteiger partial charge in [0.25, 0.3) is 0 Å². The van der Waals surface area contributed by atoms with Crippen LogP contribution in [-0.2, 0) is 10.0 Å². The third kappa shape index (κ3) is 5.18. The maximum atomic E-state index is 11.1. The van der Waals surface area contributed by atoms with Gasteiger partial charge in [0.15, 0.2) is 0 Å². The summed E-state index contributed by atoms with van der Waals surface area (Å²) in [4.78, 5) is 0. The molecule has 0 fully saturated rings. The van der Waals surface area contributed by atoms with Gasteiger partial charge in [-0.3, -0.25) is 4.72 Å². The van der Waals surface area contributed by atoms with E-state index in [2.05, 4.69) is 11.3 Å². The summed E-state index contributed by atoms with van der Waals surface area (Å²) in [6.07, 6.45) is 3.16.